The molecular formula is C19H15F2N5O. The first-order valence-corrected chi connectivity index (χ1v) is 8.24. The van der Waals surface area contributed by atoms with Crippen molar-refractivity contribution in [3.63, 3.8) is 0 Å². The summed E-state index contributed by atoms with van der Waals surface area (Å²) in [5, 5.41) is 7.31. The Balaban J connectivity index is 1.70. The van der Waals surface area contributed by atoms with Crippen LogP contribution in [-0.2, 0) is 6.54 Å². The number of aromatic nitrogens is 4. The van der Waals surface area contributed by atoms with Gasteiger partial charge in [0.2, 0.25) is 0 Å². The smallest absolute Gasteiger partial charge is 0.340 e. The first kappa shape index (κ1) is 16.9. The lowest BCUT2D eigenvalue weighted by Gasteiger charge is -2.06. The third kappa shape index (κ3) is 3.41. The van der Waals surface area contributed by atoms with Crippen molar-refractivity contribution in [3.8, 4) is 0 Å². The molecule has 0 aliphatic heterocycles. The molecule has 27 heavy (non-hydrogen) atoms. The van der Waals surface area contributed by atoms with Gasteiger partial charge in [0.05, 0.1) is 6.54 Å². The molecule has 136 valence electrons. The van der Waals surface area contributed by atoms with Gasteiger partial charge in [-0.15, -0.1) is 5.10 Å². The van der Waals surface area contributed by atoms with Crippen LogP contribution in [0.15, 0.2) is 59.4 Å². The molecule has 0 unspecified atom stereocenters. The van der Waals surface area contributed by atoms with E-state index in [0.717, 1.165) is 0 Å². The Kier molecular flexibility index (Phi) is 4.15. The van der Waals surface area contributed by atoms with Crippen molar-refractivity contribution in [2.75, 3.05) is 5.32 Å². The monoisotopic (exact) mass is 367 g/mol. The predicted octanol–water partition coefficient (Wildman–Crippen LogP) is 3.27. The summed E-state index contributed by atoms with van der Waals surface area (Å²) < 4.78 is 29.0. The molecule has 0 saturated carbocycles. The number of anilines is 2. The zero-order chi connectivity index (χ0) is 19.0. The van der Waals surface area contributed by atoms with Crippen LogP contribution >= 0.6 is 0 Å². The summed E-state index contributed by atoms with van der Waals surface area (Å²) in [6.07, 6.45) is 0. The SMILES string of the molecule is Cc1cc(Nc2ccc(F)cc2)nc2nn(Cc3cccc(F)c3)c(=O)n12. The van der Waals surface area contributed by atoms with Crippen molar-refractivity contribution in [2.45, 2.75) is 13.5 Å². The Labute approximate surface area is 152 Å². The highest BCUT2D eigenvalue weighted by Gasteiger charge is 2.12. The number of fused-ring (bicyclic) bond motifs is 1. The van der Waals surface area contributed by atoms with Gasteiger partial charge in [-0.05, 0) is 48.9 Å². The Morgan fingerprint density at radius 3 is 2.56 bits per heavy atom. The molecule has 0 spiro atoms. The molecule has 2 heterocycles. The van der Waals surface area contributed by atoms with Gasteiger partial charge in [0.25, 0.3) is 5.78 Å². The number of hydrogen-bond donors (Lipinski definition) is 1. The van der Waals surface area contributed by atoms with Gasteiger partial charge < -0.3 is 5.32 Å². The van der Waals surface area contributed by atoms with E-state index >= 15 is 0 Å². The summed E-state index contributed by atoms with van der Waals surface area (Å²) >= 11 is 0. The maximum absolute atomic E-state index is 13.4. The Bertz CT molecular complexity index is 1180. The van der Waals surface area contributed by atoms with Crippen molar-refractivity contribution in [1.82, 2.24) is 19.2 Å². The highest BCUT2D eigenvalue weighted by Crippen LogP contribution is 2.16. The first-order valence-electron chi connectivity index (χ1n) is 8.24. The first-order chi connectivity index (χ1) is 13.0. The number of nitrogens with one attached hydrogen (secondary N) is 1. The second kappa shape index (κ2) is 6.64. The predicted molar refractivity (Wildman–Crippen MR) is 97.2 cm³/mol. The van der Waals surface area contributed by atoms with E-state index in [-0.39, 0.29) is 29.6 Å². The van der Waals surface area contributed by atoms with Crippen molar-refractivity contribution in [3.05, 3.63) is 88.0 Å². The largest absolute Gasteiger partial charge is 0.352 e. The minimum atomic E-state index is -0.371. The van der Waals surface area contributed by atoms with Crippen molar-refractivity contribution >= 4 is 17.3 Å². The van der Waals surface area contributed by atoms with Crippen LogP contribution in [0.25, 0.3) is 5.78 Å². The van der Waals surface area contributed by atoms with Crippen LogP contribution in [0.2, 0.25) is 0 Å². The molecule has 0 saturated heterocycles. The van der Waals surface area contributed by atoms with Gasteiger partial charge in [-0.25, -0.2) is 22.7 Å². The Hall–Kier alpha value is -3.55. The van der Waals surface area contributed by atoms with Crippen molar-refractivity contribution in [1.29, 1.82) is 0 Å². The zero-order valence-corrected chi connectivity index (χ0v) is 14.4. The van der Waals surface area contributed by atoms with Gasteiger partial charge in [-0.3, -0.25) is 0 Å². The third-order valence-electron chi connectivity index (χ3n) is 4.08. The van der Waals surface area contributed by atoms with E-state index < -0.39 is 0 Å². The molecule has 2 aromatic carbocycles. The lowest BCUT2D eigenvalue weighted by molar-refractivity contribution is 0.615. The fourth-order valence-corrected chi connectivity index (χ4v) is 2.84. The summed E-state index contributed by atoms with van der Waals surface area (Å²) in [7, 11) is 0. The summed E-state index contributed by atoms with van der Waals surface area (Å²) in [6, 6.07) is 13.6. The van der Waals surface area contributed by atoms with Crippen LogP contribution in [0.5, 0.6) is 0 Å². The molecule has 0 bridgehead atoms. The number of aryl methyl sites for hydroxylation is 1. The van der Waals surface area contributed by atoms with E-state index in [2.05, 4.69) is 15.4 Å². The van der Waals surface area contributed by atoms with Gasteiger partial charge in [0.1, 0.15) is 17.5 Å². The standard InChI is InChI=1S/C19H15F2N5O/c1-12-9-17(22-16-7-5-14(20)6-8-16)23-18-24-25(19(27)26(12)18)11-13-3-2-4-15(21)10-13/h2-10H,11H2,1H3,(H,22,23,24). The van der Waals surface area contributed by atoms with Crippen molar-refractivity contribution < 1.29 is 8.78 Å². The number of benzene rings is 2. The highest BCUT2D eigenvalue weighted by atomic mass is 19.1. The molecule has 6 nitrogen and oxygen atoms in total. The van der Waals surface area contributed by atoms with Crippen LogP contribution in [0.4, 0.5) is 20.3 Å². The molecule has 0 radical (unpaired) electrons. The highest BCUT2D eigenvalue weighted by molar-refractivity contribution is 5.58. The molecule has 8 heteroatoms. The van der Waals surface area contributed by atoms with Crippen molar-refractivity contribution in [2.24, 2.45) is 0 Å². The van der Waals surface area contributed by atoms with Gasteiger partial charge in [-0.1, -0.05) is 12.1 Å². The number of nitrogens with zero attached hydrogens (tertiary/aromatic N) is 4. The van der Waals surface area contributed by atoms with E-state index in [1.165, 1.54) is 33.3 Å². The van der Waals surface area contributed by atoms with Crippen LogP contribution in [0, 0.1) is 18.6 Å². The lowest BCUT2D eigenvalue weighted by Crippen LogP contribution is -2.23. The fraction of sp³-hybridized carbons (Fsp3) is 0.105. The van der Waals surface area contributed by atoms with E-state index in [0.29, 0.717) is 22.8 Å². The number of rotatable bonds is 4. The third-order valence-corrected chi connectivity index (χ3v) is 4.08. The van der Waals surface area contributed by atoms with E-state index in [4.69, 9.17) is 0 Å². The molecule has 0 aliphatic rings. The molecule has 0 amide bonds. The lowest BCUT2D eigenvalue weighted by atomic mass is 10.2. The number of halogens is 2. The molecule has 4 aromatic rings. The van der Waals surface area contributed by atoms with E-state index in [1.54, 1.807) is 37.3 Å². The summed E-state index contributed by atoms with van der Waals surface area (Å²) in [4.78, 5) is 17.0. The maximum Gasteiger partial charge on any atom is 0.352 e. The average Bonchev–Trinajstić information content (AvgIpc) is 2.93. The van der Waals surface area contributed by atoms with Gasteiger partial charge >= 0.3 is 5.69 Å². The maximum atomic E-state index is 13.4. The molecule has 4 rings (SSSR count). The molecular weight excluding hydrogens is 352 g/mol. The quantitative estimate of drug-likeness (QED) is 0.601. The zero-order valence-electron chi connectivity index (χ0n) is 14.4. The molecule has 0 aliphatic carbocycles. The minimum absolute atomic E-state index is 0.139. The Morgan fingerprint density at radius 2 is 1.81 bits per heavy atom. The molecule has 1 N–H and O–H groups in total. The Morgan fingerprint density at radius 1 is 1.04 bits per heavy atom. The summed E-state index contributed by atoms with van der Waals surface area (Å²) in [6.45, 7) is 1.90. The van der Waals surface area contributed by atoms with Crippen LogP contribution < -0.4 is 11.0 Å². The number of hydrogen-bond acceptors (Lipinski definition) is 4. The molecule has 2 aromatic heterocycles. The fourth-order valence-electron chi connectivity index (χ4n) is 2.84. The van der Waals surface area contributed by atoms with E-state index in [1.807, 2.05) is 0 Å². The summed E-state index contributed by atoms with van der Waals surface area (Å²) in [5.74, 6) is 0.00252. The molecule has 0 atom stereocenters. The second-order valence-electron chi connectivity index (χ2n) is 6.12. The van der Waals surface area contributed by atoms with Crippen LogP contribution in [-0.4, -0.2) is 19.2 Å². The summed E-state index contributed by atoms with van der Waals surface area (Å²) in [5.41, 5.74) is 1.57. The van der Waals surface area contributed by atoms with Gasteiger partial charge in [0.15, 0.2) is 0 Å². The van der Waals surface area contributed by atoms with Gasteiger partial charge in [-0.2, -0.15) is 4.98 Å². The van der Waals surface area contributed by atoms with Crippen LogP contribution in [0.1, 0.15) is 11.3 Å². The van der Waals surface area contributed by atoms with Gasteiger partial charge in [0, 0.05) is 17.4 Å². The normalized spacial score (nSPS) is 11.1. The topological polar surface area (TPSA) is 64.2 Å². The second-order valence-corrected chi connectivity index (χ2v) is 6.12. The van der Waals surface area contributed by atoms with E-state index in [9.17, 15) is 13.6 Å². The average molecular weight is 367 g/mol. The molecule has 0 fully saturated rings. The minimum Gasteiger partial charge on any atom is -0.340 e. The van der Waals surface area contributed by atoms with Crippen LogP contribution in [0.3, 0.4) is 0 Å².